The Hall–Kier alpha value is -2.15. The molecule has 0 saturated heterocycles. The predicted molar refractivity (Wildman–Crippen MR) is 100 cm³/mol. The molecule has 1 fully saturated rings. The van der Waals surface area contributed by atoms with Gasteiger partial charge in [0.2, 0.25) is 0 Å². The molecular weight excluding hydrogens is 354 g/mol. The number of rotatable bonds is 9. The van der Waals surface area contributed by atoms with E-state index in [2.05, 4.69) is 15.6 Å². The molecule has 2 aromatic rings. The van der Waals surface area contributed by atoms with Gasteiger partial charge in [-0.15, -0.1) is 0 Å². The zero-order valence-electron chi connectivity index (χ0n) is 14.3. The van der Waals surface area contributed by atoms with Crippen LogP contribution >= 0.6 is 11.6 Å². The number of hydrogen-bond acceptors (Lipinski definition) is 5. The van der Waals surface area contributed by atoms with Gasteiger partial charge in [-0.2, -0.15) is 0 Å². The monoisotopic (exact) mass is 375 g/mol. The molecule has 4 N–H and O–H groups in total. The lowest BCUT2D eigenvalue weighted by Gasteiger charge is -2.21. The van der Waals surface area contributed by atoms with Crippen molar-refractivity contribution < 1.29 is 15.0 Å². The molecule has 0 spiro atoms. The van der Waals surface area contributed by atoms with Gasteiger partial charge in [0.25, 0.3) is 0 Å². The number of aromatic nitrogens is 1. The Bertz CT molecular complexity index is 763. The van der Waals surface area contributed by atoms with Gasteiger partial charge in [-0.1, -0.05) is 23.7 Å². The maximum absolute atomic E-state index is 10.7. The van der Waals surface area contributed by atoms with Gasteiger partial charge in [0.05, 0.1) is 30.1 Å². The number of hydrogen-bond donors (Lipinski definition) is 4. The summed E-state index contributed by atoms with van der Waals surface area (Å²) in [7, 11) is 0. The zero-order valence-corrected chi connectivity index (χ0v) is 15.0. The van der Waals surface area contributed by atoms with Crippen LogP contribution in [0, 0.1) is 0 Å². The summed E-state index contributed by atoms with van der Waals surface area (Å²) >= 11 is 5.97. The molecule has 0 unspecified atom stereocenters. The van der Waals surface area contributed by atoms with E-state index < -0.39 is 12.1 Å². The topological polar surface area (TPSA) is 94.5 Å². The molecule has 1 heterocycles. The molecule has 1 saturated carbocycles. The van der Waals surface area contributed by atoms with E-state index >= 15 is 0 Å². The molecule has 1 aliphatic carbocycles. The first-order chi connectivity index (χ1) is 12.5. The van der Waals surface area contributed by atoms with E-state index in [0.717, 1.165) is 30.6 Å². The Balaban J connectivity index is 1.48. The maximum Gasteiger partial charge on any atom is 0.309 e. The highest BCUT2D eigenvalue weighted by Gasteiger charge is 2.42. The van der Waals surface area contributed by atoms with Crippen LogP contribution in [0.25, 0.3) is 0 Å². The SMILES string of the molecule is O=C(O)Cc1ccc(NCC2(NC[C@H](O)c3cccc(Cl)c3)CC2)cn1. The number of aliphatic carboxylic acids is 1. The quantitative estimate of drug-likeness (QED) is 0.538. The summed E-state index contributed by atoms with van der Waals surface area (Å²) in [4.78, 5) is 14.8. The lowest BCUT2D eigenvalue weighted by molar-refractivity contribution is -0.136. The first-order valence-electron chi connectivity index (χ1n) is 8.55. The molecule has 0 amide bonds. The second-order valence-electron chi connectivity index (χ2n) is 6.69. The van der Waals surface area contributed by atoms with Crippen LogP contribution in [0.2, 0.25) is 5.02 Å². The molecule has 0 bridgehead atoms. The Kier molecular flexibility index (Phi) is 5.76. The Labute approximate surface area is 157 Å². The normalized spacial score (nSPS) is 16.1. The number of carbonyl (C=O) groups is 1. The van der Waals surface area contributed by atoms with Crippen LogP contribution < -0.4 is 10.6 Å². The van der Waals surface area contributed by atoms with Crippen LogP contribution in [0.4, 0.5) is 5.69 Å². The molecule has 26 heavy (non-hydrogen) atoms. The smallest absolute Gasteiger partial charge is 0.309 e. The highest BCUT2D eigenvalue weighted by molar-refractivity contribution is 6.30. The van der Waals surface area contributed by atoms with Gasteiger partial charge in [0.15, 0.2) is 0 Å². The third kappa shape index (κ3) is 5.17. The summed E-state index contributed by atoms with van der Waals surface area (Å²) in [5.41, 5.74) is 2.15. The van der Waals surface area contributed by atoms with E-state index in [9.17, 15) is 9.90 Å². The van der Waals surface area contributed by atoms with Gasteiger partial charge < -0.3 is 20.8 Å². The fourth-order valence-corrected chi connectivity index (χ4v) is 2.97. The van der Waals surface area contributed by atoms with E-state index in [0.29, 0.717) is 17.3 Å². The second kappa shape index (κ2) is 8.03. The molecule has 1 aliphatic rings. The van der Waals surface area contributed by atoms with Gasteiger partial charge in [0.1, 0.15) is 0 Å². The second-order valence-corrected chi connectivity index (χ2v) is 7.13. The van der Waals surface area contributed by atoms with Crippen LogP contribution in [0.3, 0.4) is 0 Å². The Morgan fingerprint density at radius 1 is 1.31 bits per heavy atom. The van der Waals surface area contributed by atoms with Crippen molar-refractivity contribution >= 4 is 23.3 Å². The number of pyridine rings is 1. The lowest BCUT2D eigenvalue weighted by Crippen LogP contribution is -2.40. The summed E-state index contributed by atoms with van der Waals surface area (Å²) in [6.45, 7) is 1.17. The van der Waals surface area contributed by atoms with Gasteiger partial charge >= 0.3 is 5.97 Å². The van der Waals surface area contributed by atoms with E-state index in [-0.39, 0.29) is 12.0 Å². The fourth-order valence-electron chi connectivity index (χ4n) is 2.77. The summed E-state index contributed by atoms with van der Waals surface area (Å²) in [6.07, 6.45) is 3.03. The fraction of sp³-hybridized carbons (Fsp3) is 0.368. The van der Waals surface area contributed by atoms with Crippen molar-refractivity contribution in [2.45, 2.75) is 30.9 Å². The average molecular weight is 376 g/mol. The molecule has 6 nitrogen and oxygen atoms in total. The third-order valence-corrected chi connectivity index (χ3v) is 4.78. The minimum atomic E-state index is -0.891. The van der Waals surface area contributed by atoms with Gasteiger partial charge in [0, 0.05) is 23.7 Å². The molecule has 3 rings (SSSR count). The number of anilines is 1. The van der Waals surface area contributed by atoms with E-state index in [1.165, 1.54) is 0 Å². The van der Waals surface area contributed by atoms with Crippen LogP contribution in [-0.4, -0.2) is 39.8 Å². The van der Waals surface area contributed by atoms with Crippen molar-refractivity contribution in [1.82, 2.24) is 10.3 Å². The molecule has 138 valence electrons. The highest BCUT2D eigenvalue weighted by Crippen LogP contribution is 2.36. The van der Waals surface area contributed by atoms with Crippen LogP contribution in [0.1, 0.15) is 30.2 Å². The number of carboxylic acids is 1. The van der Waals surface area contributed by atoms with E-state index in [1.807, 2.05) is 18.2 Å². The molecule has 1 aromatic carbocycles. The lowest BCUT2D eigenvalue weighted by atomic mass is 10.1. The summed E-state index contributed by atoms with van der Waals surface area (Å²) in [5.74, 6) is -0.891. The number of aliphatic hydroxyl groups is 1. The van der Waals surface area contributed by atoms with Crippen LogP contribution in [-0.2, 0) is 11.2 Å². The number of halogens is 1. The first-order valence-corrected chi connectivity index (χ1v) is 8.93. The number of nitrogens with zero attached hydrogens (tertiary/aromatic N) is 1. The molecular formula is C19H22ClN3O3. The van der Waals surface area contributed by atoms with Gasteiger partial charge in [-0.25, -0.2) is 0 Å². The number of benzene rings is 1. The van der Waals surface area contributed by atoms with E-state index in [1.54, 1.807) is 24.4 Å². The zero-order chi connectivity index (χ0) is 18.6. The molecule has 0 aliphatic heterocycles. The summed E-state index contributed by atoms with van der Waals surface area (Å²) < 4.78 is 0. The van der Waals surface area contributed by atoms with Crippen molar-refractivity contribution in [3.05, 3.63) is 58.9 Å². The minimum Gasteiger partial charge on any atom is -0.481 e. The van der Waals surface area contributed by atoms with E-state index in [4.69, 9.17) is 16.7 Å². The first kappa shape index (κ1) is 18.6. The van der Waals surface area contributed by atoms with Crippen LogP contribution in [0.15, 0.2) is 42.6 Å². The van der Waals surface area contributed by atoms with Gasteiger partial charge in [-0.05, 0) is 42.7 Å². The maximum atomic E-state index is 10.7. The minimum absolute atomic E-state index is 0.0285. The average Bonchev–Trinajstić information content (AvgIpc) is 3.39. The number of aliphatic hydroxyl groups excluding tert-OH is 1. The predicted octanol–water partition coefficient (Wildman–Crippen LogP) is 2.63. The van der Waals surface area contributed by atoms with Crippen molar-refractivity contribution in [2.24, 2.45) is 0 Å². The molecule has 7 heteroatoms. The standard InChI is InChI=1S/C19H22ClN3O3/c20-14-3-1-2-13(8-14)17(24)11-23-19(6-7-19)12-22-16-5-4-15(21-10-16)9-18(25)26/h1-5,8,10,17,22-24H,6-7,9,11-12H2,(H,25,26)/t17-/m0/s1. The molecule has 1 aromatic heterocycles. The largest absolute Gasteiger partial charge is 0.481 e. The van der Waals surface area contributed by atoms with Crippen molar-refractivity contribution in [3.8, 4) is 0 Å². The van der Waals surface area contributed by atoms with Crippen molar-refractivity contribution in [2.75, 3.05) is 18.4 Å². The highest BCUT2D eigenvalue weighted by atomic mass is 35.5. The van der Waals surface area contributed by atoms with Crippen molar-refractivity contribution in [3.63, 3.8) is 0 Å². The Morgan fingerprint density at radius 3 is 2.73 bits per heavy atom. The van der Waals surface area contributed by atoms with Gasteiger partial charge in [-0.3, -0.25) is 9.78 Å². The van der Waals surface area contributed by atoms with Crippen molar-refractivity contribution in [1.29, 1.82) is 0 Å². The number of β-amino-alcohol motifs (C(OH)–C–C–N with tert-alkyl or cyclic N) is 1. The number of nitrogens with one attached hydrogen (secondary N) is 2. The van der Waals surface area contributed by atoms with Crippen LogP contribution in [0.5, 0.6) is 0 Å². The number of carboxylic acid groups (broad SMARTS) is 1. The molecule has 0 radical (unpaired) electrons. The third-order valence-electron chi connectivity index (χ3n) is 4.55. The summed E-state index contributed by atoms with van der Waals surface area (Å²) in [5, 5.41) is 26.5. The molecule has 1 atom stereocenters. The summed E-state index contributed by atoms with van der Waals surface area (Å²) in [6, 6.07) is 10.8. The Morgan fingerprint density at radius 2 is 2.12 bits per heavy atom.